The maximum absolute atomic E-state index is 14.1. The molecule has 0 saturated carbocycles. The Labute approximate surface area is 206 Å². The average molecular weight is 547 g/mol. The normalized spacial score (nSPS) is 19.2. The molecule has 33 heavy (non-hydrogen) atoms. The van der Waals surface area contributed by atoms with Crippen LogP contribution in [0, 0.1) is 6.92 Å². The average Bonchev–Trinajstić information content (AvgIpc) is 2.79. The van der Waals surface area contributed by atoms with E-state index < -0.39 is 28.1 Å². The van der Waals surface area contributed by atoms with Crippen molar-refractivity contribution in [3.8, 4) is 0 Å². The number of benzene rings is 3. The Balaban J connectivity index is 1.97. The summed E-state index contributed by atoms with van der Waals surface area (Å²) in [4.78, 5) is 12.4. The number of hydrogen-bond acceptors (Lipinski definition) is 3. The van der Waals surface area contributed by atoms with Gasteiger partial charge in [-0.3, -0.25) is 0 Å². The first-order valence-corrected chi connectivity index (χ1v) is 12.8. The van der Waals surface area contributed by atoms with Crippen LogP contribution in [0.4, 0.5) is 0 Å². The SMILES string of the molecule is Cc1ccc(S(=O)(=O)N2[C@@H](c3cccc(Br)c3)C(C(=O)O)=CC[C@H]2c2ccc(Cl)cc2)cc1. The molecule has 0 unspecified atom stereocenters. The van der Waals surface area contributed by atoms with Crippen LogP contribution in [0.1, 0.15) is 35.2 Å². The molecule has 0 fully saturated rings. The van der Waals surface area contributed by atoms with Gasteiger partial charge >= 0.3 is 5.97 Å². The largest absolute Gasteiger partial charge is 0.478 e. The molecule has 0 aliphatic carbocycles. The molecule has 0 radical (unpaired) electrons. The van der Waals surface area contributed by atoms with E-state index in [1.165, 1.54) is 4.31 Å². The molecule has 2 atom stereocenters. The second-order valence-corrected chi connectivity index (χ2v) is 11.1. The van der Waals surface area contributed by atoms with Gasteiger partial charge in [0.1, 0.15) is 0 Å². The van der Waals surface area contributed by atoms with Crippen molar-refractivity contribution in [3.05, 3.63) is 111 Å². The predicted molar refractivity (Wildman–Crippen MR) is 132 cm³/mol. The zero-order valence-corrected chi connectivity index (χ0v) is 20.8. The quantitative estimate of drug-likeness (QED) is 0.408. The van der Waals surface area contributed by atoms with Crippen LogP contribution >= 0.6 is 27.5 Å². The maximum atomic E-state index is 14.1. The molecule has 3 aromatic rings. The smallest absolute Gasteiger partial charge is 0.333 e. The van der Waals surface area contributed by atoms with Crippen LogP contribution in [0.5, 0.6) is 0 Å². The highest BCUT2D eigenvalue weighted by Gasteiger charge is 2.44. The Morgan fingerprint density at radius 1 is 1.03 bits per heavy atom. The van der Waals surface area contributed by atoms with Crippen LogP contribution in [0.3, 0.4) is 0 Å². The molecule has 1 heterocycles. The van der Waals surface area contributed by atoms with Crippen LogP contribution in [0.2, 0.25) is 5.02 Å². The Morgan fingerprint density at radius 2 is 1.70 bits per heavy atom. The first-order valence-electron chi connectivity index (χ1n) is 10.2. The van der Waals surface area contributed by atoms with Gasteiger partial charge in [0.2, 0.25) is 10.0 Å². The van der Waals surface area contributed by atoms with Crippen molar-refractivity contribution in [2.24, 2.45) is 0 Å². The molecule has 0 amide bonds. The lowest BCUT2D eigenvalue weighted by atomic mass is 9.89. The third kappa shape index (κ3) is 4.77. The number of nitrogens with zero attached hydrogens (tertiary/aromatic N) is 1. The molecular weight excluding hydrogens is 526 g/mol. The molecule has 1 aliphatic rings. The van der Waals surface area contributed by atoms with E-state index in [-0.39, 0.29) is 16.9 Å². The van der Waals surface area contributed by atoms with E-state index in [0.717, 1.165) is 15.6 Å². The minimum Gasteiger partial charge on any atom is -0.478 e. The minimum absolute atomic E-state index is 0.0222. The minimum atomic E-state index is -4.08. The van der Waals surface area contributed by atoms with Gasteiger partial charge in [0.15, 0.2) is 0 Å². The zero-order valence-electron chi connectivity index (χ0n) is 17.7. The fourth-order valence-corrected chi connectivity index (χ4v) is 6.41. The fraction of sp³-hybridized carbons (Fsp3) is 0.160. The summed E-state index contributed by atoms with van der Waals surface area (Å²) in [5.74, 6) is -1.15. The van der Waals surface area contributed by atoms with E-state index in [1.807, 2.05) is 13.0 Å². The number of aliphatic carboxylic acids is 1. The van der Waals surface area contributed by atoms with Gasteiger partial charge in [0.05, 0.1) is 22.6 Å². The summed E-state index contributed by atoms with van der Waals surface area (Å²) in [5, 5.41) is 10.5. The molecule has 0 bridgehead atoms. The number of hydrogen-bond donors (Lipinski definition) is 1. The molecular formula is C25H21BrClNO4S. The van der Waals surface area contributed by atoms with Gasteiger partial charge in [-0.25, -0.2) is 13.2 Å². The van der Waals surface area contributed by atoms with Crippen molar-refractivity contribution >= 4 is 43.5 Å². The summed E-state index contributed by atoms with van der Waals surface area (Å²) in [7, 11) is -4.08. The van der Waals surface area contributed by atoms with Crippen molar-refractivity contribution in [2.45, 2.75) is 30.3 Å². The van der Waals surface area contributed by atoms with Gasteiger partial charge in [-0.05, 0) is 60.9 Å². The summed E-state index contributed by atoms with van der Waals surface area (Å²) >= 11 is 9.50. The lowest BCUT2D eigenvalue weighted by Gasteiger charge is -2.40. The van der Waals surface area contributed by atoms with Crippen molar-refractivity contribution in [1.82, 2.24) is 4.31 Å². The molecule has 0 spiro atoms. The van der Waals surface area contributed by atoms with E-state index >= 15 is 0 Å². The number of carboxylic acid groups (broad SMARTS) is 1. The Bertz CT molecular complexity index is 1320. The van der Waals surface area contributed by atoms with Crippen LogP contribution < -0.4 is 0 Å². The standard InChI is InChI=1S/C25H21BrClNO4S/c1-16-5-11-21(12-6-16)33(31,32)28-23(17-7-9-20(27)10-8-17)14-13-22(25(29)30)24(28)18-3-2-4-19(26)15-18/h2-13,15,23-24H,14H2,1H3,(H,29,30)/t23-,24-/m0/s1. The fourth-order valence-electron chi connectivity index (χ4n) is 4.08. The van der Waals surface area contributed by atoms with Crippen LogP contribution in [-0.4, -0.2) is 23.8 Å². The van der Waals surface area contributed by atoms with Crippen molar-refractivity contribution in [2.75, 3.05) is 0 Å². The van der Waals surface area contributed by atoms with Crippen LogP contribution in [0.25, 0.3) is 0 Å². The molecule has 170 valence electrons. The highest BCUT2D eigenvalue weighted by molar-refractivity contribution is 9.10. The molecule has 5 nitrogen and oxygen atoms in total. The first-order chi connectivity index (χ1) is 15.7. The summed E-state index contributed by atoms with van der Waals surface area (Å²) in [5.41, 5.74) is 2.24. The van der Waals surface area contributed by atoms with Gasteiger partial charge in [0.25, 0.3) is 0 Å². The van der Waals surface area contributed by atoms with Crippen LogP contribution in [-0.2, 0) is 14.8 Å². The Morgan fingerprint density at radius 3 is 2.30 bits per heavy atom. The second kappa shape index (κ2) is 9.43. The molecule has 8 heteroatoms. The van der Waals surface area contributed by atoms with Gasteiger partial charge in [-0.2, -0.15) is 4.31 Å². The summed E-state index contributed by atoms with van der Waals surface area (Å²) < 4.78 is 30.2. The van der Waals surface area contributed by atoms with Crippen molar-refractivity contribution < 1.29 is 18.3 Å². The number of rotatable bonds is 5. The number of halogens is 2. The van der Waals surface area contributed by atoms with E-state index in [4.69, 9.17) is 11.6 Å². The molecule has 4 rings (SSSR count). The number of sulfonamides is 1. The van der Waals surface area contributed by atoms with E-state index in [9.17, 15) is 18.3 Å². The lowest BCUT2D eigenvalue weighted by molar-refractivity contribution is -0.133. The van der Waals surface area contributed by atoms with Crippen LogP contribution in [0.15, 0.2) is 93.8 Å². The number of carboxylic acids is 1. The lowest BCUT2D eigenvalue weighted by Crippen LogP contribution is -2.42. The number of aryl methyl sites for hydroxylation is 1. The number of carbonyl (C=O) groups is 1. The second-order valence-electron chi connectivity index (χ2n) is 7.87. The van der Waals surface area contributed by atoms with Gasteiger partial charge in [0, 0.05) is 9.50 Å². The monoisotopic (exact) mass is 545 g/mol. The Kier molecular flexibility index (Phi) is 6.77. The molecule has 0 aromatic heterocycles. The molecule has 1 N–H and O–H groups in total. The van der Waals surface area contributed by atoms with E-state index in [2.05, 4.69) is 15.9 Å². The van der Waals surface area contributed by atoms with Crippen molar-refractivity contribution in [1.29, 1.82) is 0 Å². The van der Waals surface area contributed by atoms with Gasteiger partial charge in [-0.15, -0.1) is 0 Å². The Hall–Kier alpha value is -2.45. The third-order valence-corrected chi connectivity index (χ3v) is 8.31. The zero-order chi connectivity index (χ0) is 23.8. The summed E-state index contributed by atoms with van der Waals surface area (Å²) in [6, 6.07) is 19.0. The molecule has 0 saturated heterocycles. The molecule has 3 aromatic carbocycles. The summed E-state index contributed by atoms with van der Waals surface area (Å²) in [6.07, 6.45) is 1.84. The van der Waals surface area contributed by atoms with Gasteiger partial charge < -0.3 is 5.11 Å². The molecule has 1 aliphatic heterocycles. The highest BCUT2D eigenvalue weighted by Crippen LogP contribution is 2.46. The topological polar surface area (TPSA) is 74.7 Å². The van der Waals surface area contributed by atoms with E-state index in [0.29, 0.717) is 10.6 Å². The maximum Gasteiger partial charge on any atom is 0.333 e. The third-order valence-electron chi connectivity index (χ3n) is 5.68. The highest BCUT2D eigenvalue weighted by atomic mass is 79.9. The summed E-state index contributed by atoms with van der Waals surface area (Å²) in [6.45, 7) is 1.88. The van der Waals surface area contributed by atoms with Crippen molar-refractivity contribution in [3.63, 3.8) is 0 Å². The first kappa shape index (κ1) is 23.7. The predicted octanol–water partition coefficient (Wildman–Crippen LogP) is 6.30. The van der Waals surface area contributed by atoms with Gasteiger partial charge in [-0.1, -0.05) is 75.6 Å². The van der Waals surface area contributed by atoms with E-state index in [1.54, 1.807) is 72.8 Å².